The molecule has 58 heavy (non-hydrogen) atoms. The van der Waals surface area contributed by atoms with Crippen molar-refractivity contribution in [3.8, 4) is 39.3 Å². The molecule has 3 heterocycles. The van der Waals surface area contributed by atoms with E-state index in [0.717, 1.165) is 41.9 Å². The van der Waals surface area contributed by atoms with Gasteiger partial charge in [-0.3, -0.25) is 9.59 Å². The van der Waals surface area contributed by atoms with Gasteiger partial charge in [-0.1, -0.05) is 101 Å². The van der Waals surface area contributed by atoms with Crippen molar-refractivity contribution in [3.63, 3.8) is 0 Å². The van der Waals surface area contributed by atoms with E-state index in [1.165, 1.54) is 59.8 Å². The van der Waals surface area contributed by atoms with Gasteiger partial charge >= 0.3 is 0 Å². The Balaban J connectivity index is 0.970. The molecule has 1 aliphatic heterocycles. The Hall–Kier alpha value is -5.58. The lowest BCUT2D eigenvalue weighted by Gasteiger charge is -2.32. The minimum Gasteiger partial charge on any atom is -0.451 e. The van der Waals surface area contributed by atoms with E-state index in [4.69, 9.17) is 9.72 Å². The number of hydrogen-bond acceptors (Lipinski definition) is 7. The summed E-state index contributed by atoms with van der Waals surface area (Å²) in [5.74, 6) is 1.08. The second-order valence-corrected chi connectivity index (χ2v) is 17.9. The van der Waals surface area contributed by atoms with Crippen molar-refractivity contribution < 1.29 is 14.6 Å². The highest BCUT2D eigenvalue weighted by Gasteiger charge is 2.45. The number of imidazole rings is 1. The number of nitrogens with one attached hydrogen (secondary N) is 3. The molecule has 4 N–H and O–H groups in total. The number of carbonyl (C=O) groups is 1. The van der Waals surface area contributed by atoms with E-state index in [-0.39, 0.29) is 28.8 Å². The largest absolute Gasteiger partial charge is 0.451 e. The number of para-hydroxylation sites is 1. The maximum atomic E-state index is 14.3. The predicted octanol–water partition coefficient (Wildman–Crippen LogP) is 8.57. The number of ether oxygens (including phenoxy) is 1. The lowest BCUT2D eigenvalue weighted by molar-refractivity contribution is -0.140. The number of carbonyl (C=O) groups excluding carboxylic acids is 1. The van der Waals surface area contributed by atoms with Crippen molar-refractivity contribution >= 4 is 16.8 Å². The summed E-state index contributed by atoms with van der Waals surface area (Å²) in [6.07, 6.45) is 9.95. The van der Waals surface area contributed by atoms with Gasteiger partial charge in [0.1, 0.15) is 11.6 Å². The number of H-pyrrole nitrogens is 2. The Labute approximate surface area is 339 Å². The van der Waals surface area contributed by atoms with Crippen LogP contribution in [0.4, 0.5) is 0 Å². The third kappa shape index (κ3) is 7.24. The molecule has 2 aliphatic carbocycles. The molecule has 3 atom stereocenters. The summed E-state index contributed by atoms with van der Waals surface area (Å²) in [5.41, 5.74) is 10.3. The average molecular weight is 777 g/mol. The maximum absolute atomic E-state index is 14.3. The molecule has 0 radical (unpaired) electrons. The number of likely N-dealkylation sites (tertiary alicyclic amines) is 1. The fourth-order valence-electron chi connectivity index (χ4n) is 9.94. The molecule has 0 bridgehead atoms. The van der Waals surface area contributed by atoms with Crippen LogP contribution in [-0.2, 0) is 17.6 Å². The van der Waals surface area contributed by atoms with Crippen LogP contribution in [0.5, 0.6) is 5.75 Å². The van der Waals surface area contributed by atoms with Crippen LogP contribution in [0.1, 0.15) is 82.8 Å². The number of aromatic nitrogens is 4. The molecule has 3 aliphatic rings. The molecule has 2 fully saturated rings. The number of rotatable bonds is 10. The first-order chi connectivity index (χ1) is 28.0. The van der Waals surface area contributed by atoms with Gasteiger partial charge in [0.15, 0.2) is 0 Å². The SMILES string of the molecule is CC(C)C(NC(O)Oc1ccccc1)C(=O)N1CC(C)(C)CC1c1ncc(-c2ccc(-c3ccc(-c4ccc5nc[nH]c(=O)c5c4)c4c3CC3(CCCC3)C4)cc2)[nH]1. The van der Waals surface area contributed by atoms with Crippen molar-refractivity contribution in [3.05, 3.63) is 125 Å². The molecule has 1 amide bonds. The molecule has 3 unspecified atom stereocenters. The molecular formula is C48H52N6O4. The Morgan fingerprint density at radius 3 is 2.28 bits per heavy atom. The summed E-state index contributed by atoms with van der Waals surface area (Å²) in [6.45, 7) is 8.87. The zero-order valence-corrected chi connectivity index (χ0v) is 33.7. The van der Waals surface area contributed by atoms with Gasteiger partial charge in [-0.25, -0.2) is 15.3 Å². The molecule has 1 saturated heterocycles. The zero-order chi connectivity index (χ0) is 40.2. The van der Waals surface area contributed by atoms with E-state index in [1.54, 1.807) is 12.1 Å². The lowest BCUT2D eigenvalue weighted by Crippen LogP contribution is -2.54. The van der Waals surface area contributed by atoms with Crippen LogP contribution >= 0.6 is 0 Å². The molecule has 4 aromatic carbocycles. The van der Waals surface area contributed by atoms with Crippen LogP contribution in [-0.4, -0.2) is 54.9 Å². The van der Waals surface area contributed by atoms with Gasteiger partial charge in [0, 0.05) is 6.54 Å². The van der Waals surface area contributed by atoms with E-state index < -0.39 is 12.5 Å². The monoisotopic (exact) mass is 776 g/mol. The number of aliphatic hydroxyl groups is 1. The van der Waals surface area contributed by atoms with Gasteiger partial charge < -0.3 is 24.7 Å². The van der Waals surface area contributed by atoms with Gasteiger partial charge in [0.25, 0.3) is 12.0 Å². The fraction of sp³-hybridized carbons (Fsp3) is 0.375. The Morgan fingerprint density at radius 1 is 0.897 bits per heavy atom. The Morgan fingerprint density at radius 2 is 1.57 bits per heavy atom. The van der Waals surface area contributed by atoms with Crippen LogP contribution in [0.2, 0.25) is 0 Å². The molecule has 1 spiro atoms. The first-order valence-electron chi connectivity index (χ1n) is 20.7. The minimum absolute atomic E-state index is 0.0900. The summed E-state index contributed by atoms with van der Waals surface area (Å²) >= 11 is 0. The van der Waals surface area contributed by atoms with E-state index in [2.05, 4.69) is 76.6 Å². The number of aromatic amines is 2. The summed E-state index contributed by atoms with van der Waals surface area (Å²) in [5, 5.41) is 14.4. The molecular weight excluding hydrogens is 725 g/mol. The van der Waals surface area contributed by atoms with Crippen LogP contribution in [0.3, 0.4) is 0 Å². The van der Waals surface area contributed by atoms with E-state index in [9.17, 15) is 14.7 Å². The number of fused-ring (bicyclic) bond motifs is 2. The van der Waals surface area contributed by atoms with Crippen molar-refractivity contribution in [1.82, 2.24) is 30.2 Å². The number of benzene rings is 4. The van der Waals surface area contributed by atoms with E-state index in [1.807, 2.05) is 55.3 Å². The van der Waals surface area contributed by atoms with Crippen LogP contribution in [0, 0.1) is 16.7 Å². The fourth-order valence-corrected chi connectivity index (χ4v) is 9.94. The Kier molecular flexibility index (Phi) is 9.80. The molecule has 2 aromatic heterocycles. The lowest BCUT2D eigenvalue weighted by atomic mass is 9.82. The topological polar surface area (TPSA) is 136 Å². The van der Waals surface area contributed by atoms with Gasteiger partial charge in [0.05, 0.1) is 41.2 Å². The average Bonchev–Trinajstić information content (AvgIpc) is 4.03. The third-order valence-electron chi connectivity index (χ3n) is 12.8. The summed E-state index contributed by atoms with van der Waals surface area (Å²) < 4.78 is 5.68. The molecule has 6 aromatic rings. The van der Waals surface area contributed by atoms with Crippen molar-refractivity contribution in [2.24, 2.45) is 16.7 Å². The molecule has 1 saturated carbocycles. The normalized spacial score (nSPS) is 19.2. The smallest absolute Gasteiger partial charge is 0.258 e. The van der Waals surface area contributed by atoms with Gasteiger partial charge in [0.2, 0.25) is 5.91 Å². The second-order valence-electron chi connectivity index (χ2n) is 17.9. The Bertz CT molecular complexity index is 2520. The van der Waals surface area contributed by atoms with Crippen LogP contribution < -0.4 is 15.6 Å². The quantitative estimate of drug-likeness (QED) is 0.102. The number of nitrogens with zero attached hydrogens (tertiary/aromatic N) is 3. The third-order valence-corrected chi connectivity index (χ3v) is 12.8. The predicted molar refractivity (Wildman–Crippen MR) is 227 cm³/mol. The molecule has 10 nitrogen and oxygen atoms in total. The van der Waals surface area contributed by atoms with Crippen LogP contribution in [0.15, 0.2) is 102 Å². The minimum atomic E-state index is -1.34. The summed E-state index contributed by atoms with van der Waals surface area (Å²) in [6, 6.07) is 27.5. The standard InChI is InChI=1S/C48H52N6O4/c1-29(2)42(53-46(57)58-33-10-6-5-7-11-33)45(56)54-27-47(3,4)25-41(54)43-49-26-40(52-43)31-14-12-30(13-15-31)34-17-18-35(38-24-48(23-37(34)38)20-8-9-21-48)32-16-19-39-36(22-32)44(55)51-28-50-39/h5-7,10-19,22,26,28-29,41-42,46,53,57H,8-9,20-21,23-25,27H2,1-4H3,(H,49,52)(H,50,51,55). The first kappa shape index (κ1) is 38.0. The highest BCUT2D eigenvalue weighted by atomic mass is 16.6. The number of amides is 1. The zero-order valence-electron chi connectivity index (χ0n) is 33.7. The highest BCUT2D eigenvalue weighted by molar-refractivity contribution is 5.87. The highest BCUT2D eigenvalue weighted by Crippen LogP contribution is 2.53. The molecule has 298 valence electrons. The van der Waals surface area contributed by atoms with E-state index in [0.29, 0.717) is 28.6 Å². The van der Waals surface area contributed by atoms with Crippen molar-refractivity contribution in [2.45, 2.75) is 91.1 Å². The molecule has 9 rings (SSSR count). The number of hydrogen-bond donors (Lipinski definition) is 4. The van der Waals surface area contributed by atoms with E-state index >= 15 is 0 Å². The van der Waals surface area contributed by atoms with Gasteiger partial charge in [-0.05, 0) is 112 Å². The van der Waals surface area contributed by atoms with Crippen molar-refractivity contribution in [1.29, 1.82) is 0 Å². The maximum Gasteiger partial charge on any atom is 0.258 e. The summed E-state index contributed by atoms with van der Waals surface area (Å²) in [7, 11) is 0. The van der Waals surface area contributed by atoms with Gasteiger partial charge in [-0.2, -0.15) is 0 Å². The first-order valence-corrected chi connectivity index (χ1v) is 20.7. The molecule has 10 heteroatoms. The number of aliphatic hydroxyl groups excluding tert-OH is 1. The summed E-state index contributed by atoms with van der Waals surface area (Å²) in [4.78, 5) is 44.4. The second kappa shape index (κ2) is 15.0. The van der Waals surface area contributed by atoms with Crippen LogP contribution in [0.25, 0.3) is 44.4 Å². The van der Waals surface area contributed by atoms with Gasteiger partial charge in [-0.15, -0.1) is 0 Å². The van der Waals surface area contributed by atoms with Crippen molar-refractivity contribution in [2.75, 3.05) is 6.54 Å².